The molecule has 0 aliphatic carbocycles. The van der Waals surface area contributed by atoms with Gasteiger partial charge in [0, 0.05) is 25.6 Å². The lowest BCUT2D eigenvalue weighted by Crippen LogP contribution is -2.35. The van der Waals surface area contributed by atoms with Crippen LogP contribution < -0.4 is 4.74 Å². The molecule has 0 aromatic carbocycles. The van der Waals surface area contributed by atoms with Gasteiger partial charge in [0.15, 0.2) is 0 Å². The average molecular weight is 275 g/mol. The Morgan fingerprint density at radius 3 is 2.78 bits per heavy atom. The molecular formula is C11H15ClN2O4. The highest BCUT2D eigenvalue weighted by Crippen LogP contribution is 2.22. The van der Waals surface area contributed by atoms with Gasteiger partial charge in [-0.25, -0.2) is 9.78 Å². The minimum atomic E-state index is -1.21. The average Bonchev–Trinajstić information content (AvgIpc) is 2.22. The van der Waals surface area contributed by atoms with Crippen LogP contribution in [0, 0.1) is 6.92 Å². The first-order chi connectivity index (χ1) is 8.34. The molecule has 0 radical (unpaired) electrons. The fourth-order valence-corrected chi connectivity index (χ4v) is 1.24. The van der Waals surface area contributed by atoms with Gasteiger partial charge >= 0.3 is 6.16 Å². The first kappa shape index (κ1) is 14.5. The topological polar surface area (TPSA) is 70.5 Å². The molecule has 7 heteroatoms. The van der Waals surface area contributed by atoms with Crippen molar-refractivity contribution in [2.45, 2.75) is 33.5 Å². The fourth-order valence-electron chi connectivity index (χ4n) is 1.11. The largest absolute Gasteiger partial charge is 0.511 e. The zero-order valence-electron chi connectivity index (χ0n) is 10.7. The second-order valence-corrected chi connectivity index (χ2v) is 4.25. The summed E-state index contributed by atoms with van der Waals surface area (Å²) in [6, 6.07) is 0. The standard InChI is InChI=1S/C11H15ClN2O4/c1-5-16-10(15)18-11(3,4)17-8-7(2)6-13-9(12)14-8/h6H,5H2,1-4H3. The monoisotopic (exact) mass is 274 g/mol. The number of aromatic nitrogens is 2. The summed E-state index contributed by atoms with van der Waals surface area (Å²) in [4.78, 5) is 18.9. The van der Waals surface area contributed by atoms with Crippen molar-refractivity contribution in [2.75, 3.05) is 6.61 Å². The number of hydrogen-bond acceptors (Lipinski definition) is 6. The van der Waals surface area contributed by atoms with Gasteiger partial charge in [-0.15, -0.1) is 0 Å². The number of rotatable bonds is 4. The molecule has 18 heavy (non-hydrogen) atoms. The molecule has 0 fully saturated rings. The predicted molar refractivity (Wildman–Crippen MR) is 64.6 cm³/mol. The summed E-state index contributed by atoms with van der Waals surface area (Å²) in [5.41, 5.74) is 0.680. The normalized spacial score (nSPS) is 10.9. The predicted octanol–water partition coefficient (Wildman–Crippen LogP) is 2.73. The summed E-state index contributed by atoms with van der Waals surface area (Å²) in [7, 11) is 0. The lowest BCUT2D eigenvalue weighted by atomic mass is 10.3. The van der Waals surface area contributed by atoms with Crippen molar-refractivity contribution in [3.63, 3.8) is 0 Å². The van der Waals surface area contributed by atoms with Crippen molar-refractivity contribution in [2.24, 2.45) is 0 Å². The third kappa shape index (κ3) is 4.37. The molecule has 0 bridgehead atoms. The molecule has 0 spiro atoms. The molecule has 0 saturated carbocycles. The van der Waals surface area contributed by atoms with Crippen molar-refractivity contribution in [3.05, 3.63) is 17.0 Å². The molecule has 0 amide bonds. The number of halogens is 1. The smallest absolute Gasteiger partial charge is 0.435 e. The Hall–Kier alpha value is -1.56. The molecule has 0 saturated heterocycles. The number of hydrogen-bond donors (Lipinski definition) is 0. The van der Waals surface area contributed by atoms with Crippen molar-refractivity contribution < 1.29 is 19.0 Å². The molecule has 1 rings (SSSR count). The van der Waals surface area contributed by atoms with E-state index in [1.165, 1.54) is 6.20 Å². The Labute approximate surface area is 110 Å². The Kier molecular flexibility index (Phi) is 4.72. The molecule has 0 unspecified atom stereocenters. The van der Waals surface area contributed by atoms with Crippen molar-refractivity contribution in [1.29, 1.82) is 0 Å². The second-order valence-electron chi connectivity index (χ2n) is 3.91. The van der Waals surface area contributed by atoms with E-state index in [2.05, 4.69) is 14.7 Å². The summed E-state index contributed by atoms with van der Waals surface area (Å²) in [6.45, 7) is 6.81. The number of carbonyl (C=O) groups excluding carboxylic acids is 1. The number of aryl methyl sites for hydroxylation is 1. The van der Waals surface area contributed by atoms with Crippen LogP contribution in [-0.4, -0.2) is 28.5 Å². The number of ether oxygens (including phenoxy) is 3. The highest BCUT2D eigenvalue weighted by molar-refractivity contribution is 6.28. The van der Waals surface area contributed by atoms with Gasteiger partial charge in [-0.3, -0.25) is 0 Å². The van der Waals surface area contributed by atoms with Gasteiger partial charge in [0.25, 0.3) is 5.79 Å². The first-order valence-electron chi connectivity index (χ1n) is 5.38. The zero-order chi connectivity index (χ0) is 13.8. The Balaban J connectivity index is 2.75. The molecule has 0 N–H and O–H groups in total. The summed E-state index contributed by atoms with van der Waals surface area (Å²) in [5, 5.41) is 0.0579. The molecule has 1 heterocycles. The third-order valence-corrected chi connectivity index (χ3v) is 2.01. The van der Waals surface area contributed by atoms with Gasteiger partial charge in [0.2, 0.25) is 11.2 Å². The van der Waals surface area contributed by atoms with Gasteiger partial charge in [0.1, 0.15) is 0 Å². The van der Waals surface area contributed by atoms with Crippen LogP contribution in [0.2, 0.25) is 5.28 Å². The van der Waals surface area contributed by atoms with Crippen molar-refractivity contribution >= 4 is 17.8 Å². The lowest BCUT2D eigenvalue weighted by Gasteiger charge is -2.25. The van der Waals surface area contributed by atoms with Gasteiger partial charge in [-0.1, -0.05) is 0 Å². The highest BCUT2D eigenvalue weighted by atomic mass is 35.5. The summed E-state index contributed by atoms with van der Waals surface area (Å²) in [6.07, 6.45) is 0.714. The maximum absolute atomic E-state index is 11.2. The molecular weight excluding hydrogens is 260 g/mol. The van der Waals surface area contributed by atoms with E-state index in [0.717, 1.165) is 0 Å². The Bertz CT molecular complexity index is 437. The van der Waals surface area contributed by atoms with E-state index in [4.69, 9.17) is 21.1 Å². The number of nitrogens with zero attached hydrogens (tertiary/aromatic N) is 2. The lowest BCUT2D eigenvalue weighted by molar-refractivity contribution is -0.132. The van der Waals surface area contributed by atoms with E-state index in [1.807, 2.05) is 0 Å². The first-order valence-corrected chi connectivity index (χ1v) is 5.76. The minimum Gasteiger partial charge on any atom is -0.435 e. The van der Waals surface area contributed by atoms with Crippen LogP contribution in [-0.2, 0) is 9.47 Å². The Morgan fingerprint density at radius 1 is 1.50 bits per heavy atom. The van der Waals surface area contributed by atoms with E-state index in [-0.39, 0.29) is 17.8 Å². The van der Waals surface area contributed by atoms with Gasteiger partial charge in [0.05, 0.1) is 6.61 Å². The number of carbonyl (C=O) groups is 1. The second kappa shape index (κ2) is 5.86. The minimum absolute atomic E-state index is 0.0579. The zero-order valence-corrected chi connectivity index (χ0v) is 11.4. The van der Waals surface area contributed by atoms with Crippen LogP contribution in [0.4, 0.5) is 4.79 Å². The van der Waals surface area contributed by atoms with E-state index >= 15 is 0 Å². The van der Waals surface area contributed by atoms with Gasteiger partial charge < -0.3 is 14.2 Å². The van der Waals surface area contributed by atoms with E-state index in [0.29, 0.717) is 5.56 Å². The van der Waals surface area contributed by atoms with Crippen LogP contribution in [0.15, 0.2) is 6.20 Å². The maximum Gasteiger partial charge on any atom is 0.511 e. The van der Waals surface area contributed by atoms with Crippen molar-refractivity contribution in [1.82, 2.24) is 9.97 Å². The Morgan fingerprint density at radius 2 is 2.17 bits per heavy atom. The fraction of sp³-hybridized carbons (Fsp3) is 0.545. The molecule has 0 aliphatic rings. The maximum atomic E-state index is 11.2. The van der Waals surface area contributed by atoms with E-state index in [1.54, 1.807) is 27.7 Å². The van der Waals surface area contributed by atoms with Crippen LogP contribution in [0.25, 0.3) is 0 Å². The third-order valence-electron chi connectivity index (χ3n) is 1.83. The molecule has 6 nitrogen and oxygen atoms in total. The molecule has 1 aromatic heterocycles. The van der Waals surface area contributed by atoms with E-state index in [9.17, 15) is 4.79 Å². The van der Waals surface area contributed by atoms with Crippen LogP contribution in [0.3, 0.4) is 0 Å². The van der Waals surface area contributed by atoms with Gasteiger partial charge in [-0.2, -0.15) is 4.98 Å². The molecule has 1 aromatic rings. The van der Waals surface area contributed by atoms with E-state index < -0.39 is 11.9 Å². The summed E-state index contributed by atoms with van der Waals surface area (Å²) < 4.78 is 15.1. The van der Waals surface area contributed by atoms with Gasteiger partial charge in [-0.05, 0) is 25.4 Å². The summed E-state index contributed by atoms with van der Waals surface area (Å²) in [5.74, 6) is -0.960. The van der Waals surface area contributed by atoms with Crippen LogP contribution >= 0.6 is 11.6 Å². The molecule has 100 valence electrons. The van der Waals surface area contributed by atoms with Crippen molar-refractivity contribution in [3.8, 4) is 5.88 Å². The van der Waals surface area contributed by atoms with Crippen LogP contribution in [0.5, 0.6) is 5.88 Å². The summed E-state index contributed by atoms with van der Waals surface area (Å²) >= 11 is 5.67. The van der Waals surface area contributed by atoms with Crippen LogP contribution in [0.1, 0.15) is 26.3 Å². The SMILES string of the molecule is CCOC(=O)OC(C)(C)Oc1nc(Cl)ncc1C. The quantitative estimate of drug-likeness (QED) is 0.478. The highest BCUT2D eigenvalue weighted by Gasteiger charge is 2.27. The molecule has 0 aliphatic heterocycles. The molecule has 0 atom stereocenters.